The van der Waals surface area contributed by atoms with Crippen molar-refractivity contribution in [2.75, 3.05) is 13.7 Å². The maximum Gasteiger partial charge on any atom is 0.471 e. The number of halogens is 3. The van der Waals surface area contributed by atoms with E-state index >= 15 is 0 Å². The summed E-state index contributed by atoms with van der Waals surface area (Å²) in [6.45, 7) is 2.79. The largest absolute Gasteiger partial charge is 0.471 e. The van der Waals surface area contributed by atoms with Gasteiger partial charge in [0.15, 0.2) is 0 Å². The number of alkyl halides is 3. The Bertz CT molecular complexity index is 785. The van der Waals surface area contributed by atoms with Crippen LogP contribution < -0.4 is 0 Å². The summed E-state index contributed by atoms with van der Waals surface area (Å²) >= 11 is 0. The number of amides is 1. The van der Waals surface area contributed by atoms with Crippen LogP contribution in [0.25, 0.3) is 11.4 Å². The first-order chi connectivity index (χ1) is 12.8. The van der Waals surface area contributed by atoms with E-state index in [9.17, 15) is 18.0 Å². The van der Waals surface area contributed by atoms with Gasteiger partial charge in [-0.05, 0) is 31.2 Å². The van der Waals surface area contributed by atoms with Gasteiger partial charge >= 0.3 is 12.1 Å². The fourth-order valence-electron chi connectivity index (χ4n) is 2.64. The molecule has 1 aromatic carbocycles. The maximum atomic E-state index is 12.6. The lowest BCUT2D eigenvalue weighted by molar-refractivity contribution is -0.159. The molecule has 9 heteroatoms. The van der Waals surface area contributed by atoms with E-state index in [1.807, 2.05) is 0 Å². The van der Waals surface area contributed by atoms with Gasteiger partial charge in [0, 0.05) is 25.8 Å². The van der Waals surface area contributed by atoms with Crippen LogP contribution in [-0.4, -0.2) is 40.7 Å². The van der Waals surface area contributed by atoms with Crippen molar-refractivity contribution in [1.82, 2.24) is 15.0 Å². The average molecular weight is 383 g/mol. The highest BCUT2D eigenvalue weighted by Crippen LogP contribution is 2.31. The van der Waals surface area contributed by atoms with E-state index in [0.717, 1.165) is 18.4 Å². The van der Waals surface area contributed by atoms with E-state index in [1.165, 1.54) is 7.11 Å². The van der Waals surface area contributed by atoms with Crippen molar-refractivity contribution in [3.63, 3.8) is 0 Å². The fraction of sp³-hybridized carbons (Fsp3) is 0.500. The fourth-order valence-corrected chi connectivity index (χ4v) is 2.64. The second kappa shape index (κ2) is 7.67. The zero-order valence-corrected chi connectivity index (χ0v) is 15.0. The van der Waals surface area contributed by atoms with Crippen LogP contribution in [-0.2, 0) is 22.3 Å². The summed E-state index contributed by atoms with van der Waals surface area (Å²) in [4.78, 5) is 17.6. The molecular weight excluding hydrogens is 363 g/mol. The molecular formula is C18H20F3N3O3. The van der Waals surface area contributed by atoms with Gasteiger partial charge in [-0.15, -0.1) is 0 Å². The minimum Gasteiger partial charge on any atom is -0.372 e. The minimum atomic E-state index is -4.67. The van der Waals surface area contributed by atoms with Gasteiger partial charge in [-0.25, -0.2) is 0 Å². The molecule has 6 nitrogen and oxygen atoms in total. The van der Waals surface area contributed by atoms with Crippen molar-refractivity contribution < 1.29 is 27.2 Å². The molecule has 1 amide bonds. The highest BCUT2D eigenvalue weighted by Gasteiger charge is 2.38. The van der Waals surface area contributed by atoms with Crippen LogP contribution in [0, 0.1) is 5.92 Å². The van der Waals surface area contributed by atoms with E-state index in [0.29, 0.717) is 24.6 Å². The van der Waals surface area contributed by atoms with Crippen LogP contribution >= 0.6 is 0 Å². The molecule has 0 radical (unpaired) electrons. The van der Waals surface area contributed by atoms with Crippen molar-refractivity contribution in [2.45, 2.75) is 38.6 Å². The number of ether oxygens (including phenoxy) is 1. The molecule has 1 aromatic heterocycles. The van der Waals surface area contributed by atoms with Gasteiger partial charge in [-0.3, -0.25) is 4.79 Å². The zero-order chi connectivity index (χ0) is 19.6. The van der Waals surface area contributed by atoms with Crippen molar-refractivity contribution in [3.8, 4) is 11.4 Å². The maximum absolute atomic E-state index is 12.6. The highest BCUT2D eigenvalue weighted by molar-refractivity contribution is 5.80. The monoisotopic (exact) mass is 383 g/mol. The summed E-state index contributed by atoms with van der Waals surface area (Å²) in [6.07, 6.45) is -2.97. The molecule has 1 heterocycles. The number of carbonyl (C=O) groups excluding carboxylic acids is 1. The van der Waals surface area contributed by atoms with E-state index in [4.69, 9.17) is 4.74 Å². The number of methoxy groups -OCH3 is 1. The molecule has 1 aliphatic carbocycles. The molecule has 1 atom stereocenters. The first kappa shape index (κ1) is 19.3. The summed E-state index contributed by atoms with van der Waals surface area (Å²) in [7, 11) is 1.49. The van der Waals surface area contributed by atoms with Crippen molar-refractivity contribution >= 4 is 5.91 Å². The third-order valence-corrected chi connectivity index (χ3v) is 4.44. The highest BCUT2D eigenvalue weighted by atomic mass is 19.4. The van der Waals surface area contributed by atoms with Crippen LogP contribution in [0.1, 0.15) is 31.2 Å². The first-order valence-electron chi connectivity index (χ1n) is 8.59. The van der Waals surface area contributed by atoms with Crippen molar-refractivity contribution in [3.05, 3.63) is 35.7 Å². The Labute approximate surface area is 154 Å². The third kappa shape index (κ3) is 4.85. The van der Waals surface area contributed by atoms with Crippen LogP contribution in [0.15, 0.2) is 28.8 Å². The topological polar surface area (TPSA) is 68.5 Å². The van der Waals surface area contributed by atoms with Gasteiger partial charge in [-0.2, -0.15) is 18.2 Å². The van der Waals surface area contributed by atoms with Crippen LogP contribution in [0.4, 0.5) is 13.2 Å². The number of benzene rings is 1. The van der Waals surface area contributed by atoms with E-state index < -0.39 is 18.2 Å². The standard InChI is InChI=1S/C18H20F3N3O3/c1-11(26-2)16(25)24(9-12-3-4-12)10-13-5-7-14(8-6-13)15-22-17(27-23-15)18(19,20)21/h5-8,11-12H,3-4,9-10H2,1-2H3. The van der Waals surface area contributed by atoms with E-state index in [-0.39, 0.29) is 11.7 Å². The van der Waals surface area contributed by atoms with Crippen molar-refractivity contribution in [1.29, 1.82) is 0 Å². The normalized spacial score (nSPS) is 15.6. The Kier molecular flexibility index (Phi) is 5.50. The molecule has 0 saturated heterocycles. The lowest BCUT2D eigenvalue weighted by Crippen LogP contribution is -2.39. The molecule has 0 bridgehead atoms. The van der Waals surface area contributed by atoms with Gasteiger partial charge in [0.05, 0.1) is 0 Å². The third-order valence-electron chi connectivity index (χ3n) is 4.44. The van der Waals surface area contributed by atoms with Crippen LogP contribution in [0.2, 0.25) is 0 Å². The molecule has 1 unspecified atom stereocenters. The Morgan fingerprint density at radius 1 is 1.33 bits per heavy atom. The van der Waals surface area contributed by atoms with E-state index in [2.05, 4.69) is 14.7 Å². The molecule has 146 valence electrons. The molecule has 2 aromatic rings. The zero-order valence-electron chi connectivity index (χ0n) is 15.0. The Hall–Kier alpha value is -2.42. The Balaban J connectivity index is 1.71. The summed E-state index contributed by atoms with van der Waals surface area (Å²) in [5.41, 5.74) is 1.26. The number of aromatic nitrogens is 2. The molecule has 0 N–H and O–H groups in total. The van der Waals surface area contributed by atoms with Gasteiger partial charge in [0.25, 0.3) is 5.91 Å². The second-order valence-corrected chi connectivity index (χ2v) is 6.66. The summed E-state index contributed by atoms with van der Waals surface area (Å²) in [6, 6.07) is 6.70. The number of rotatable bonds is 7. The van der Waals surface area contributed by atoms with E-state index in [1.54, 1.807) is 36.1 Å². The van der Waals surface area contributed by atoms with Crippen LogP contribution in [0.5, 0.6) is 0 Å². The SMILES string of the molecule is COC(C)C(=O)N(Cc1ccc(-c2noc(C(F)(F)F)n2)cc1)CC1CC1. The van der Waals surface area contributed by atoms with Gasteiger partial charge in [0.2, 0.25) is 5.82 Å². The first-order valence-corrected chi connectivity index (χ1v) is 8.59. The predicted octanol–water partition coefficient (Wildman–Crippen LogP) is 3.53. The molecule has 1 aliphatic rings. The van der Waals surface area contributed by atoms with Gasteiger partial charge < -0.3 is 14.2 Å². The minimum absolute atomic E-state index is 0.0820. The molecule has 0 aliphatic heterocycles. The van der Waals surface area contributed by atoms with Crippen molar-refractivity contribution in [2.24, 2.45) is 5.92 Å². The molecule has 1 saturated carbocycles. The number of carbonyl (C=O) groups is 1. The van der Waals surface area contributed by atoms with Gasteiger partial charge in [0.1, 0.15) is 6.10 Å². The predicted molar refractivity (Wildman–Crippen MR) is 89.3 cm³/mol. The number of hydrogen-bond acceptors (Lipinski definition) is 5. The molecule has 1 fully saturated rings. The summed E-state index contributed by atoms with van der Waals surface area (Å²) in [5, 5.41) is 3.37. The second-order valence-electron chi connectivity index (χ2n) is 6.66. The quantitative estimate of drug-likeness (QED) is 0.732. The Morgan fingerprint density at radius 2 is 2.00 bits per heavy atom. The summed E-state index contributed by atoms with van der Waals surface area (Å²) < 4.78 is 47.1. The molecule has 0 spiro atoms. The Morgan fingerprint density at radius 3 is 2.52 bits per heavy atom. The number of hydrogen-bond donors (Lipinski definition) is 0. The summed E-state index contributed by atoms with van der Waals surface area (Å²) in [5.74, 6) is -1.07. The van der Waals surface area contributed by atoms with Gasteiger partial charge in [-0.1, -0.05) is 29.4 Å². The average Bonchev–Trinajstić information content (AvgIpc) is 3.30. The van der Waals surface area contributed by atoms with Crippen LogP contribution in [0.3, 0.4) is 0 Å². The molecule has 27 heavy (non-hydrogen) atoms. The smallest absolute Gasteiger partial charge is 0.372 e. The lowest BCUT2D eigenvalue weighted by Gasteiger charge is -2.25. The number of nitrogens with zero attached hydrogens (tertiary/aromatic N) is 3. The lowest BCUT2D eigenvalue weighted by atomic mass is 10.1. The molecule has 3 rings (SSSR count).